The van der Waals surface area contributed by atoms with Crippen molar-refractivity contribution in [1.82, 2.24) is 20.4 Å². The van der Waals surface area contributed by atoms with Crippen molar-refractivity contribution in [3.05, 3.63) is 36.5 Å². The first-order valence-electron chi connectivity index (χ1n) is 9.96. The van der Waals surface area contributed by atoms with E-state index in [1.54, 1.807) is 12.5 Å². The number of aromatic nitrogens is 4. The molecule has 1 atom stereocenters. The van der Waals surface area contributed by atoms with E-state index in [4.69, 9.17) is 9.15 Å². The van der Waals surface area contributed by atoms with E-state index in [0.717, 1.165) is 74.8 Å². The van der Waals surface area contributed by atoms with Crippen LogP contribution in [0.15, 0.2) is 35.1 Å². The van der Waals surface area contributed by atoms with Gasteiger partial charge in [-0.1, -0.05) is 0 Å². The van der Waals surface area contributed by atoms with Crippen molar-refractivity contribution in [2.75, 3.05) is 49.2 Å². The quantitative estimate of drug-likeness (QED) is 0.682. The molecule has 0 spiro atoms. The number of morpholine rings is 1. The molecule has 0 N–H and O–H groups in total. The van der Waals surface area contributed by atoms with Crippen molar-refractivity contribution >= 4 is 22.4 Å². The maximum atomic E-state index is 5.46. The molecular weight excluding hydrogens is 356 g/mol. The van der Waals surface area contributed by atoms with E-state index >= 15 is 0 Å². The summed E-state index contributed by atoms with van der Waals surface area (Å²) in [6.07, 6.45) is 6.52. The van der Waals surface area contributed by atoms with Crippen LogP contribution in [0.1, 0.15) is 18.7 Å². The predicted octanol–water partition coefficient (Wildman–Crippen LogP) is 2.31. The lowest BCUT2D eigenvalue weighted by atomic mass is 9.94. The molecule has 0 bridgehead atoms. The van der Waals surface area contributed by atoms with Crippen LogP contribution in [0.5, 0.6) is 0 Å². The molecule has 4 heterocycles. The zero-order valence-electron chi connectivity index (χ0n) is 15.8. The lowest BCUT2D eigenvalue weighted by molar-refractivity contribution is 0.122. The van der Waals surface area contributed by atoms with Crippen LogP contribution in [0, 0.1) is 5.92 Å². The van der Waals surface area contributed by atoms with Crippen molar-refractivity contribution in [3.8, 4) is 0 Å². The zero-order chi connectivity index (χ0) is 18.8. The summed E-state index contributed by atoms with van der Waals surface area (Å²) in [7, 11) is 0. The van der Waals surface area contributed by atoms with Gasteiger partial charge in [-0.2, -0.15) is 0 Å². The number of anilines is 2. The van der Waals surface area contributed by atoms with Crippen LogP contribution in [0.4, 0.5) is 11.5 Å². The molecule has 0 amide bonds. The standard InChI is InChI=1S/C20H24N6O2/c1-2-15(12-19-21-5-9-28-19)14-26(6-1)20-17-4-3-16(13-18(17)22-24-23-20)25-7-10-27-11-8-25/h3-5,9,13,15H,1-2,6-8,10-12,14H2. The average Bonchev–Trinajstić information content (AvgIpc) is 3.27. The van der Waals surface area contributed by atoms with Gasteiger partial charge in [-0.3, -0.25) is 0 Å². The van der Waals surface area contributed by atoms with Gasteiger partial charge in [-0.25, -0.2) is 4.98 Å². The number of piperidine rings is 1. The van der Waals surface area contributed by atoms with Crippen LogP contribution in [0.25, 0.3) is 10.9 Å². The first-order valence-corrected chi connectivity index (χ1v) is 9.96. The van der Waals surface area contributed by atoms with E-state index < -0.39 is 0 Å². The van der Waals surface area contributed by atoms with Crippen LogP contribution < -0.4 is 9.80 Å². The maximum absolute atomic E-state index is 5.46. The Bertz CT molecular complexity index is 926. The third kappa shape index (κ3) is 3.52. The van der Waals surface area contributed by atoms with Crippen molar-refractivity contribution in [2.45, 2.75) is 19.3 Å². The molecule has 2 fully saturated rings. The predicted molar refractivity (Wildman–Crippen MR) is 106 cm³/mol. The molecule has 146 valence electrons. The Morgan fingerprint density at radius 3 is 2.86 bits per heavy atom. The third-order valence-corrected chi connectivity index (χ3v) is 5.66. The molecule has 5 rings (SSSR count). The Labute approximate surface area is 163 Å². The van der Waals surface area contributed by atoms with E-state index in [9.17, 15) is 0 Å². The summed E-state index contributed by atoms with van der Waals surface area (Å²) in [6, 6.07) is 6.41. The summed E-state index contributed by atoms with van der Waals surface area (Å²) in [5.41, 5.74) is 2.06. The number of ether oxygens (including phenoxy) is 1. The van der Waals surface area contributed by atoms with E-state index in [2.05, 4.69) is 48.4 Å². The van der Waals surface area contributed by atoms with Gasteiger partial charge in [0.15, 0.2) is 11.7 Å². The van der Waals surface area contributed by atoms with Gasteiger partial charge in [0.25, 0.3) is 0 Å². The zero-order valence-corrected chi connectivity index (χ0v) is 15.8. The maximum Gasteiger partial charge on any atom is 0.194 e. The van der Waals surface area contributed by atoms with E-state index in [0.29, 0.717) is 5.92 Å². The highest BCUT2D eigenvalue weighted by atomic mass is 16.5. The average molecular weight is 380 g/mol. The van der Waals surface area contributed by atoms with Gasteiger partial charge in [0, 0.05) is 43.7 Å². The van der Waals surface area contributed by atoms with Crippen LogP contribution in [-0.4, -0.2) is 59.8 Å². The minimum atomic E-state index is 0.505. The van der Waals surface area contributed by atoms with Gasteiger partial charge < -0.3 is 19.0 Å². The summed E-state index contributed by atoms with van der Waals surface area (Å²) in [4.78, 5) is 8.94. The Balaban J connectivity index is 1.38. The third-order valence-electron chi connectivity index (χ3n) is 5.66. The molecule has 2 aromatic heterocycles. The first kappa shape index (κ1) is 17.4. The topological polar surface area (TPSA) is 80.4 Å². The largest absolute Gasteiger partial charge is 0.449 e. The second-order valence-corrected chi connectivity index (χ2v) is 7.50. The summed E-state index contributed by atoms with van der Waals surface area (Å²) < 4.78 is 10.9. The SMILES string of the molecule is c1coc(CC2CCCN(c3nnnc4cc(N5CCOCC5)ccc34)C2)n1. The molecule has 2 aliphatic rings. The highest BCUT2D eigenvalue weighted by molar-refractivity contribution is 5.91. The van der Waals surface area contributed by atoms with Gasteiger partial charge >= 0.3 is 0 Å². The fraction of sp³-hybridized carbons (Fsp3) is 0.500. The highest BCUT2D eigenvalue weighted by Crippen LogP contribution is 2.30. The highest BCUT2D eigenvalue weighted by Gasteiger charge is 2.24. The summed E-state index contributed by atoms with van der Waals surface area (Å²) in [5.74, 6) is 2.24. The number of nitrogens with zero attached hydrogens (tertiary/aromatic N) is 6. The van der Waals surface area contributed by atoms with Crippen LogP contribution in [-0.2, 0) is 11.2 Å². The molecule has 2 saturated heterocycles. The van der Waals surface area contributed by atoms with Crippen LogP contribution >= 0.6 is 0 Å². The Morgan fingerprint density at radius 2 is 2.00 bits per heavy atom. The normalized spacial score (nSPS) is 20.6. The summed E-state index contributed by atoms with van der Waals surface area (Å²) >= 11 is 0. The van der Waals surface area contributed by atoms with E-state index in [1.165, 1.54) is 12.1 Å². The fourth-order valence-corrected chi connectivity index (χ4v) is 4.24. The molecule has 0 saturated carbocycles. The number of hydrogen-bond acceptors (Lipinski definition) is 8. The van der Waals surface area contributed by atoms with Gasteiger partial charge in [0.05, 0.1) is 19.4 Å². The van der Waals surface area contributed by atoms with Gasteiger partial charge in [-0.15, -0.1) is 10.2 Å². The van der Waals surface area contributed by atoms with E-state index in [-0.39, 0.29) is 0 Å². The lowest BCUT2D eigenvalue weighted by Crippen LogP contribution is -2.37. The molecule has 1 aromatic carbocycles. The molecule has 8 nitrogen and oxygen atoms in total. The minimum absolute atomic E-state index is 0.505. The number of rotatable bonds is 4. The van der Waals surface area contributed by atoms with Crippen molar-refractivity contribution in [1.29, 1.82) is 0 Å². The second kappa shape index (κ2) is 7.71. The van der Waals surface area contributed by atoms with Crippen molar-refractivity contribution in [3.63, 3.8) is 0 Å². The van der Waals surface area contributed by atoms with E-state index in [1.807, 2.05) is 0 Å². The lowest BCUT2D eigenvalue weighted by Gasteiger charge is -2.33. The summed E-state index contributed by atoms with van der Waals surface area (Å²) in [6.45, 7) is 5.27. The number of hydrogen-bond donors (Lipinski definition) is 0. The fourth-order valence-electron chi connectivity index (χ4n) is 4.24. The first-order chi connectivity index (χ1) is 13.9. The number of oxazole rings is 1. The smallest absolute Gasteiger partial charge is 0.194 e. The Kier molecular flexibility index (Phi) is 4.78. The molecule has 28 heavy (non-hydrogen) atoms. The molecule has 0 radical (unpaired) electrons. The monoisotopic (exact) mass is 380 g/mol. The minimum Gasteiger partial charge on any atom is -0.449 e. The van der Waals surface area contributed by atoms with Gasteiger partial charge in [-0.05, 0) is 42.2 Å². The molecule has 0 aliphatic carbocycles. The number of benzene rings is 1. The number of fused-ring (bicyclic) bond motifs is 1. The van der Waals surface area contributed by atoms with Crippen molar-refractivity contribution < 1.29 is 9.15 Å². The van der Waals surface area contributed by atoms with Crippen LogP contribution in [0.3, 0.4) is 0 Å². The molecule has 3 aromatic rings. The summed E-state index contributed by atoms with van der Waals surface area (Å²) in [5, 5.41) is 13.8. The second-order valence-electron chi connectivity index (χ2n) is 7.50. The van der Waals surface area contributed by atoms with Crippen LogP contribution in [0.2, 0.25) is 0 Å². The molecule has 1 unspecified atom stereocenters. The van der Waals surface area contributed by atoms with Gasteiger partial charge in [0.2, 0.25) is 0 Å². The van der Waals surface area contributed by atoms with Gasteiger partial charge in [0.1, 0.15) is 11.8 Å². The molecule has 2 aliphatic heterocycles. The molecule has 8 heteroatoms. The Hall–Kier alpha value is -2.74. The Morgan fingerprint density at radius 1 is 1.07 bits per heavy atom. The molecular formula is C20H24N6O2. The van der Waals surface area contributed by atoms with Crippen molar-refractivity contribution in [2.24, 2.45) is 5.92 Å².